The zero-order valence-electron chi connectivity index (χ0n) is 25.2. The monoisotopic (exact) mass is 566 g/mol. The van der Waals surface area contributed by atoms with Crippen LogP contribution < -0.4 is 0 Å². The van der Waals surface area contributed by atoms with Crippen molar-refractivity contribution in [1.82, 2.24) is 14.1 Å². The van der Waals surface area contributed by atoms with Crippen LogP contribution in [0.25, 0.3) is 71.1 Å². The number of hydrogen-bond donors (Lipinski definition) is 0. The van der Waals surface area contributed by atoms with Crippen LogP contribution in [0.5, 0.6) is 0 Å². The Balaban J connectivity index is 1.61. The van der Waals surface area contributed by atoms with Crippen LogP contribution in [0.1, 0.15) is 22.3 Å². The number of aryl methyl sites for hydroxylation is 4. The molecule has 0 saturated carbocycles. The summed E-state index contributed by atoms with van der Waals surface area (Å²) in [6.07, 6.45) is 1.89. The molecule has 3 heterocycles. The molecule has 0 saturated heterocycles. The second kappa shape index (κ2) is 9.69. The van der Waals surface area contributed by atoms with Crippen molar-refractivity contribution in [2.75, 3.05) is 0 Å². The molecule has 3 aromatic heterocycles. The van der Waals surface area contributed by atoms with E-state index in [2.05, 4.69) is 127 Å². The third kappa shape index (κ3) is 3.80. The summed E-state index contributed by atoms with van der Waals surface area (Å²) in [5.74, 6) is 0.829. The molecule has 44 heavy (non-hydrogen) atoms. The Morgan fingerprint density at radius 1 is 0.523 bits per heavy atom. The first-order chi connectivity index (χ1) is 21.4. The Morgan fingerprint density at radius 2 is 0.977 bits per heavy atom. The highest BCUT2D eigenvalue weighted by Gasteiger charge is 2.24. The maximum absolute atomic E-state index is 8.03. The lowest BCUT2D eigenvalue weighted by Gasteiger charge is -2.20. The quantitative estimate of drug-likeness (QED) is 0.195. The fourth-order valence-corrected chi connectivity index (χ4v) is 6.81. The number of rotatable bonds is 3. The lowest BCUT2D eigenvalue weighted by Crippen LogP contribution is -2.08. The summed E-state index contributed by atoms with van der Waals surface area (Å²) in [7, 11) is 0. The van der Waals surface area contributed by atoms with E-state index >= 15 is 0 Å². The molecule has 0 aliphatic heterocycles. The smallest absolute Gasteiger partial charge is 0.194 e. The number of hydrogen-bond acceptors (Lipinski definition) is 1. The minimum Gasteiger partial charge on any atom is -0.305 e. The van der Waals surface area contributed by atoms with Crippen molar-refractivity contribution < 1.29 is 0 Å². The summed E-state index contributed by atoms with van der Waals surface area (Å²) >= 11 is 0. The fourth-order valence-electron chi connectivity index (χ4n) is 6.81. The van der Waals surface area contributed by atoms with Gasteiger partial charge in [-0.25, -0.2) is 9.83 Å². The van der Waals surface area contributed by atoms with Crippen molar-refractivity contribution in [3.05, 3.63) is 143 Å². The minimum absolute atomic E-state index is 0.617. The highest BCUT2D eigenvalue weighted by molar-refractivity contribution is 6.12. The number of nitrogens with zero attached hydrogens (tertiary/aromatic N) is 4. The van der Waals surface area contributed by atoms with Crippen molar-refractivity contribution in [2.24, 2.45) is 0 Å². The van der Waals surface area contributed by atoms with Gasteiger partial charge in [0.1, 0.15) is 0 Å². The van der Waals surface area contributed by atoms with Crippen LogP contribution in [0.4, 0.5) is 5.69 Å². The van der Waals surface area contributed by atoms with Gasteiger partial charge in [0, 0.05) is 33.3 Å². The zero-order chi connectivity index (χ0) is 30.1. The maximum atomic E-state index is 8.03. The van der Waals surface area contributed by atoms with E-state index in [9.17, 15) is 0 Å². The number of benzene rings is 5. The van der Waals surface area contributed by atoms with Crippen LogP contribution in [-0.2, 0) is 0 Å². The molecule has 0 aliphatic rings. The van der Waals surface area contributed by atoms with E-state index in [1.807, 2.05) is 24.4 Å². The lowest BCUT2D eigenvalue weighted by atomic mass is 10.0. The molecule has 5 aromatic carbocycles. The Labute approximate surface area is 256 Å². The van der Waals surface area contributed by atoms with Crippen molar-refractivity contribution in [3.63, 3.8) is 0 Å². The summed E-state index contributed by atoms with van der Waals surface area (Å²) < 4.78 is 4.67. The molecule has 4 nitrogen and oxygen atoms in total. The number of pyridine rings is 1. The van der Waals surface area contributed by atoms with Crippen LogP contribution in [0.3, 0.4) is 0 Å². The molecule has 0 fully saturated rings. The molecule has 210 valence electrons. The van der Waals surface area contributed by atoms with Crippen molar-refractivity contribution in [1.29, 1.82) is 0 Å². The van der Waals surface area contributed by atoms with Gasteiger partial charge in [-0.15, -0.1) is 0 Å². The lowest BCUT2D eigenvalue weighted by molar-refractivity contribution is 1.03. The van der Waals surface area contributed by atoms with E-state index in [4.69, 9.17) is 11.6 Å². The van der Waals surface area contributed by atoms with Gasteiger partial charge >= 0.3 is 0 Å². The van der Waals surface area contributed by atoms with Gasteiger partial charge in [-0.1, -0.05) is 70.8 Å². The molecule has 0 N–H and O–H groups in total. The van der Waals surface area contributed by atoms with Gasteiger partial charge in [0.25, 0.3) is 0 Å². The summed E-state index contributed by atoms with van der Waals surface area (Å²) in [5, 5.41) is 4.82. The second-order valence-corrected chi connectivity index (χ2v) is 11.9. The SMILES string of the molecule is [C-]#[N+]c1ccccc1-c1ccnc(-n2c3ccc(C)cc3c3cc(C)ccc32)c1-n1c2ccc(C)cc2c2cc(C)ccc21. The molecule has 8 rings (SSSR count). The minimum atomic E-state index is 0.617. The zero-order valence-corrected chi connectivity index (χ0v) is 25.2. The normalized spacial score (nSPS) is 11.6. The third-order valence-electron chi connectivity index (χ3n) is 8.81. The summed E-state index contributed by atoms with van der Waals surface area (Å²) in [6, 6.07) is 36.6. The first-order valence-corrected chi connectivity index (χ1v) is 14.9. The van der Waals surface area contributed by atoms with Gasteiger partial charge in [-0.3, -0.25) is 4.57 Å². The predicted molar refractivity (Wildman–Crippen MR) is 184 cm³/mol. The number of para-hydroxylation sites is 1. The van der Waals surface area contributed by atoms with Gasteiger partial charge < -0.3 is 4.57 Å². The highest BCUT2D eigenvalue weighted by Crippen LogP contribution is 2.43. The van der Waals surface area contributed by atoms with E-state index in [-0.39, 0.29) is 0 Å². The molecule has 0 unspecified atom stereocenters. The molecule has 0 atom stereocenters. The molecular formula is C40H30N4. The molecular weight excluding hydrogens is 536 g/mol. The summed E-state index contributed by atoms with van der Waals surface area (Å²) in [6.45, 7) is 16.6. The molecule has 0 spiro atoms. The Hall–Kier alpha value is -5.66. The van der Waals surface area contributed by atoms with Gasteiger partial charge in [0.15, 0.2) is 11.5 Å². The number of fused-ring (bicyclic) bond motifs is 6. The van der Waals surface area contributed by atoms with Crippen LogP contribution in [0.15, 0.2) is 109 Å². The molecule has 8 aromatic rings. The average molecular weight is 567 g/mol. The topological polar surface area (TPSA) is 27.1 Å². The second-order valence-electron chi connectivity index (χ2n) is 11.9. The van der Waals surface area contributed by atoms with E-state index in [1.54, 1.807) is 0 Å². The molecule has 0 bridgehead atoms. The van der Waals surface area contributed by atoms with Gasteiger partial charge in [-0.05, 0) is 87.9 Å². The van der Waals surface area contributed by atoms with E-state index < -0.39 is 0 Å². The van der Waals surface area contributed by atoms with Crippen molar-refractivity contribution >= 4 is 49.3 Å². The van der Waals surface area contributed by atoms with E-state index in [0.717, 1.165) is 44.7 Å². The van der Waals surface area contributed by atoms with Crippen LogP contribution >= 0.6 is 0 Å². The molecule has 0 amide bonds. The average Bonchev–Trinajstić information content (AvgIpc) is 3.51. The first-order valence-electron chi connectivity index (χ1n) is 14.9. The first kappa shape index (κ1) is 26.0. The van der Waals surface area contributed by atoms with Gasteiger partial charge in [0.2, 0.25) is 0 Å². The number of aromatic nitrogens is 3. The van der Waals surface area contributed by atoms with E-state index in [0.29, 0.717) is 5.69 Å². The van der Waals surface area contributed by atoms with Crippen LogP contribution in [0, 0.1) is 34.3 Å². The predicted octanol–water partition coefficient (Wildman–Crippen LogP) is 10.7. The fraction of sp³-hybridized carbons (Fsp3) is 0.100. The van der Waals surface area contributed by atoms with Gasteiger partial charge in [-0.2, -0.15) is 0 Å². The Kier molecular flexibility index (Phi) is 5.73. The van der Waals surface area contributed by atoms with Crippen LogP contribution in [0.2, 0.25) is 0 Å². The summed E-state index contributed by atoms with van der Waals surface area (Å²) in [4.78, 5) is 9.12. The largest absolute Gasteiger partial charge is 0.305 e. The van der Waals surface area contributed by atoms with Crippen molar-refractivity contribution in [3.8, 4) is 22.6 Å². The molecule has 0 radical (unpaired) electrons. The summed E-state index contributed by atoms with van der Waals surface area (Å²) in [5.41, 5.74) is 12.7. The maximum Gasteiger partial charge on any atom is 0.194 e. The van der Waals surface area contributed by atoms with Crippen molar-refractivity contribution in [2.45, 2.75) is 27.7 Å². The highest BCUT2D eigenvalue weighted by atomic mass is 15.1. The Bertz CT molecular complexity index is 2380. The van der Waals surface area contributed by atoms with Crippen LogP contribution in [-0.4, -0.2) is 14.1 Å². The molecule has 4 heteroatoms. The van der Waals surface area contributed by atoms with E-state index in [1.165, 1.54) is 43.8 Å². The standard InChI is InChI=1S/C40H30N4/c1-24-10-14-35-30(20-24)31-21-25(2)11-15-36(31)43(35)39-29(28-8-6-7-9-34(28)41-5)18-19-42-40(39)44-37-16-12-26(3)22-32(37)33-23-27(4)13-17-38(33)44/h6-23H,1-4H3. The Morgan fingerprint density at radius 3 is 1.45 bits per heavy atom. The molecule has 0 aliphatic carbocycles. The third-order valence-corrected chi connectivity index (χ3v) is 8.81. The van der Waals surface area contributed by atoms with Gasteiger partial charge in [0.05, 0.1) is 34.3 Å².